The Bertz CT molecular complexity index is 427. The second-order valence-electron chi connectivity index (χ2n) is 8.76. The van der Waals surface area contributed by atoms with Gasteiger partial charge in [-0.05, 0) is 12.8 Å². The molecule has 0 aliphatic heterocycles. The summed E-state index contributed by atoms with van der Waals surface area (Å²) in [7, 11) is 0. The van der Waals surface area contributed by atoms with E-state index >= 15 is 0 Å². The van der Waals surface area contributed by atoms with Gasteiger partial charge in [0.2, 0.25) is 0 Å². The highest BCUT2D eigenvalue weighted by atomic mass is 16.6. The van der Waals surface area contributed by atoms with Crippen molar-refractivity contribution in [1.82, 2.24) is 0 Å². The zero-order chi connectivity index (χ0) is 24.2. The minimum Gasteiger partial charge on any atom is -0.463 e. The minimum absolute atomic E-state index is 0.138. The number of carbonyl (C=O) groups excluding carboxylic acids is 2. The summed E-state index contributed by atoms with van der Waals surface area (Å²) in [6.07, 6.45) is 19.1. The first-order valence-electron chi connectivity index (χ1n) is 13.7. The highest BCUT2D eigenvalue weighted by Gasteiger charge is 2.04. The summed E-state index contributed by atoms with van der Waals surface area (Å²) in [5.74, 6) is -0.282. The van der Waals surface area contributed by atoms with Crippen LogP contribution in [0.2, 0.25) is 0 Å². The van der Waals surface area contributed by atoms with E-state index in [-0.39, 0.29) is 25.2 Å². The molecule has 0 amide bonds. The molecule has 0 aliphatic carbocycles. The van der Waals surface area contributed by atoms with Gasteiger partial charge in [-0.3, -0.25) is 9.59 Å². The van der Waals surface area contributed by atoms with Crippen molar-refractivity contribution in [3.63, 3.8) is 0 Å². The molecule has 0 aromatic carbocycles. The third-order valence-electron chi connectivity index (χ3n) is 5.57. The van der Waals surface area contributed by atoms with Crippen LogP contribution in [0.5, 0.6) is 0 Å². The van der Waals surface area contributed by atoms with Crippen molar-refractivity contribution in [3.05, 3.63) is 0 Å². The maximum atomic E-state index is 11.7. The molecule has 6 nitrogen and oxygen atoms in total. The quantitative estimate of drug-likeness (QED) is 0.102. The lowest BCUT2D eigenvalue weighted by Gasteiger charge is -2.08. The highest BCUT2D eigenvalue weighted by Crippen LogP contribution is 2.11. The van der Waals surface area contributed by atoms with Crippen molar-refractivity contribution < 1.29 is 28.5 Å². The topological polar surface area (TPSA) is 71.1 Å². The van der Waals surface area contributed by atoms with E-state index in [4.69, 9.17) is 18.9 Å². The van der Waals surface area contributed by atoms with Crippen molar-refractivity contribution in [1.29, 1.82) is 0 Å². The third-order valence-corrected chi connectivity index (χ3v) is 5.57. The number of carbonyl (C=O) groups is 2. The van der Waals surface area contributed by atoms with Gasteiger partial charge in [-0.15, -0.1) is 0 Å². The number of hydrogen-bond donors (Lipinski definition) is 0. The maximum absolute atomic E-state index is 11.7. The average Bonchev–Trinajstić information content (AvgIpc) is 2.81. The normalized spacial score (nSPS) is 11.0. The van der Waals surface area contributed by atoms with Crippen molar-refractivity contribution in [2.45, 2.75) is 123 Å². The summed E-state index contributed by atoms with van der Waals surface area (Å²) >= 11 is 0. The molecule has 0 N–H and O–H groups in total. The van der Waals surface area contributed by atoms with Gasteiger partial charge in [0.15, 0.2) is 0 Å². The second-order valence-corrected chi connectivity index (χ2v) is 8.76. The fourth-order valence-electron chi connectivity index (χ4n) is 3.52. The number of ether oxygens (including phenoxy) is 4. The summed E-state index contributed by atoms with van der Waals surface area (Å²) in [5.41, 5.74) is 0. The molecule has 0 aromatic heterocycles. The SMILES string of the molecule is CCCCCCCCCCCC(=O)OCCOCCOCCOC(=O)CCCCCCCC. The van der Waals surface area contributed by atoms with E-state index in [2.05, 4.69) is 13.8 Å². The van der Waals surface area contributed by atoms with Gasteiger partial charge in [0, 0.05) is 12.8 Å². The van der Waals surface area contributed by atoms with Gasteiger partial charge in [-0.1, -0.05) is 97.3 Å². The van der Waals surface area contributed by atoms with Crippen LogP contribution in [0.4, 0.5) is 0 Å². The monoisotopic (exact) mass is 472 g/mol. The minimum atomic E-state index is -0.144. The Balaban J connectivity index is 3.23. The molecule has 0 rings (SSSR count). The van der Waals surface area contributed by atoms with E-state index in [0.717, 1.165) is 25.7 Å². The van der Waals surface area contributed by atoms with Crippen LogP contribution < -0.4 is 0 Å². The number of esters is 2. The van der Waals surface area contributed by atoms with E-state index in [1.807, 2.05) is 0 Å². The molecule has 0 bridgehead atoms. The molecule has 0 saturated carbocycles. The van der Waals surface area contributed by atoms with Gasteiger partial charge in [0.05, 0.1) is 26.4 Å². The summed E-state index contributed by atoms with van der Waals surface area (Å²) < 4.78 is 21.1. The van der Waals surface area contributed by atoms with Crippen molar-refractivity contribution in [3.8, 4) is 0 Å². The van der Waals surface area contributed by atoms with Crippen LogP contribution in [0.25, 0.3) is 0 Å². The lowest BCUT2D eigenvalue weighted by Crippen LogP contribution is -2.15. The molecule has 196 valence electrons. The standard InChI is InChI=1S/C27H52O6/c1-3-5-7-9-11-12-13-15-17-19-27(29)33-25-23-31-21-20-30-22-24-32-26(28)18-16-14-10-8-6-4-2/h3-25H2,1-2H3. The third kappa shape index (κ3) is 27.0. The fraction of sp³-hybridized carbons (Fsp3) is 0.926. The molecule has 0 aliphatic rings. The lowest BCUT2D eigenvalue weighted by atomic mass is 10.1. The van der Waals surface area contributed by atoms with Crippen LogP contribution in [0.15, 0.2) is 0 Å². The molecule has 33 heavy (non-hydrogen) atoms. The second kappa shape index (κ2) is 27.1. The van der Waals surface area contributed by atoms with Gasteiger partial charge >= 0.3 is 11.9 Å². The van der Waals surface area contributed by atoms with E-state index in [9.17, 15) is 9.59 Å². The van der Waals surface area contributed by atoms with E-state index in [0.29, 0.717) is 39.3 Å². The lowest BCUT2D eigenvalue weighted by molar-refractivity contribution is -0.147. The summed E-state index contributed by atoms with van der Waals surface area (Å²) in [6.45, 7) is 6.61. The molecule has 0 atom stereocenters. The van der Waals surface area contributed by atoms with Crippen molar-refractivity contribution in [2.75, 3.05) is 39.6 Å². The first-order chi connectivity index (χ1) is 16.2. The molecule has 6 heteroatoms. The number of hydrogen-bond acceptors (Lipinski definition) is 6. The Morgan fingerprint density at radius 3 is 1.09 bits per heavy atom. The molecular weight excluding hydrogens is 420 g/mol. The van der Waals surface area contributed by atoms with E-state index in [1.54, 1.807) is 0 Å². The Morgan fingerprint density at radius 1 is 0.424 bits per heavy atom. The predicted molar refractivity (Wildman–Crippen MR) is 133 cm³/mol. The smallest absolute Gasteiger partial charge is 0.305 e. The summed E-state index contributed by atoms with van der Waals surface area (Å²) in [4.78, 5) is 23.3. The first kappa shape index (κ1) is 31.9. The molecule has 0 fully saturated rings. The summed E-state index contributed by atoms with van der Waals surface area (Å²) in [5, 5.41) is 0. The molecule has 0 radical (unpaired) electrons. The Morgan fingerprint density at radius 2 is 0.727 bits per heavy atom. The Labute approximate surface area is 203 Å². The zero-order valence-corrected chi connectivity index (χ0v) is 21.7. The molecular formula is C27H52O6. The molecule has 0 spiro atoms. The Kier molecular flexibility index (Phi) is 26.2. The number of unbranched alkanes of at least 4 members (excludes halogenated alkanes) is 13. The van der Waals surface area contributed by atoms with E-state index < -0.39 is 0 Å². The van der Waals surface area contributed by atoms with Crippen molar-refractivity contribution >= 4 is 11.9 Å². The molecule has 0 aromatic rings. The van der Waals surface area contributed by atoms with Crippen molar-refractivity contribution in [2.24, 2.45) is 0 Å². The zero-order valence-electron chi connectivity index (χ0n) is 21.7. The molecule has 0 heterocycles. The molecule has 0 saturated heterocycles. The van der Waals surface area contributed by atoms with E-state index in [1.165, 1.54) is 70.6 Å². The highest BCUT2D eigenvalue weighted by molar-refractivity contribution is 5.69. The van der Waals surface area contributed by atoms with Gasteiger partial charge in [0.25, 0.3) is 0 Å². The summed E-state index contributed by atoms with van der Waals surface area (Å²) in [6, 6.07) is 0. The number of rotatable bonds is 26. The van der Waals surface area contributed by atoms with Crippen LogP contribution in [0, 0.1) is 0 Å². The van der Waals surface area contributed by atoms with Gasteiger partial charge in [-0.25, -0.2) is 0 Å². The van der Waals surface area contributed by atoms with Crippen LogP contribution >= 0.6 is 0 Å². The van der Waals surface area contributed by atoms with Crippen LogP contribution in [-0.2, 0) is 28.5 Å². The first-order valence-corrected chi connectivity index (χ1v) is 13.7. The van der Waals surface area contributed by atoms with Crippen LogP contribution in [0.1, 0.15) is 123 Å². The van der Waals surface area contributed by atoms with Crippen LogP contribution in [-0.4, -0.2) is 51.6 Å². The van der Waals surface area contributed by atoms with Crippen LogP contribution in [0.3, 0.4) is 0 Å². The van der Waals surface area contributed by atoms with Gasteiger partial charge in [-0.2, -0.15) is 0 Å². The fourth-order valence-corrected chi connectivity index (χ4v) is 3.52. The van der Waals surface area contributed by atoms with Gasteiger partial charge < -0.3 is 18.9 Å². The maximum Gasteiger partial charge on any atom is 0.305 e. The predicted octanol–water partition coefficient (Wildman–Crippen LogP) is 6.78. The largest absolute Gasteiger partial charge is 0.463 e. The van der Waals surface area contributed by atoms with Gasteiger partial charge in [0.1, 0.15) is 13.2 Å². The molecule has 0 unspecified atom stereocenters. The Hall–Kier alpha value is -1.14. The average molecular weight is 473 g/mol.